The lowest BCUT2D eigenvalue weighted by atomic mass is 10.1. The molecule has 0 atom stereocenters. The van der Waals surface area contributed by atoms with Crippen LogP contribution in [0.3, 0.4) is 0 Å². The standard InChI is InChI=1S/C14H19F3N2OS/c1-3-18-12-6-5-10(14(15,16)17)9-11(12)13(20)19-7-4-8-21-2/h5-6,9,18H,3-4,7-8H2,1-2H3,(H,19,20). The fourth-order valence-corrected chi connectivity index (χ4v) is 2.20. The predicted molar refractivity (Wildman–Crippen MR) is 80.9 cm³/mol. The van der Waals surface area contributed by atoms with Crippen LogP contribution in [0.5, 0.6) is 0 Å². The molecule has 0 bridgehead atoms. The third-order valence-electron chi connectivity index (χ3n) is 2.77. The summed E-state index contributed by atoms with van der Waals surface area (Å²) < 4.78 is 38.2. The third-order valence-corrected chi connectivity index (χ3v) is 3.47. The van der Waals surface area contributed by atoms with Gasteiger partial charge in [-0.1, -0.05) is 0 Å². The number of alkyl halides is 3. The quantitative estimate of drug-likeness (QED) is 0.754. The summed E-state index contributed by atoms with van der Waals surface area (Å²) in [7, 11) is 0. The first-order chi connectivity index (χ1) is 9.90. The van der Waals surface area contributed by atoms with E-state index in [-0.39, 0.29) is 5.56 Å². The Balaban J connectivity index is 2.92. The van der Waals surface area contributed by atoms with Crippen LogP contribution in [0.4, 0.5) is 18.9 Å². The molecule has 1 aromatic rings. The van der Waals surface area contributed by atoms with Crippen LogP contribution in [0.15, 0.2) is 18.2 Å². The van der Waals surface area contributed by atoms with Gasteiger partial charge in [0, 0.05) is 18.8 Å². The van der Waals surface area contributed by atoms with E-state index in [1.165, 1.54) is 6.07 Å². The van der Waals surface area contributed by atoms with Gasteiger partial charge in [-0.2, -0.15) is 24.9 Å². The highest BCUT2D eigenvalue weighted by Gasteiger charge is 2.31. The van der Waals surface area contributed by atoms with Crippen molar-refractivity contribution < 1.29 is 18.0 Å². The Bertz CT molecular complexity index is 478. The van der Waals surface area contributed by atoms with E-state index in [0.29, 0.717) is 18.8 Å². The van der Waals surface area contributed by atoms with E-state index in [9.17, 15) is 18.0 Å². The maximum Gasteiger partial charge on any atom is 0.416 e. The topological polar surface area (TPSA) is 41.1 Å². The normalized spacial score (nSPS) is 11.3. The molecular formula is C14H19F3N2OS. The predicted octanol–water partition coefficient (Wildman–Crippen LogP) is 3.62. The van der Waals surface area contributed by atoms with Crippen LogP contribution in [0, 0.1) is 0 Å². The van der Waals surface area contributed by atoms with Gasteiger partial charge in [-0.25, -0.2) is 0 Å². The van der Waals surface area contributed by atoms with Crippen molar-refractivity contribution in [3.05, 3.63) is 29.3 Å². The van der Waals surface area contributed by atoms with Crippen LogP contribution in [0.25, 0.3) is 0 Å². The zero-order valence-electron chi connectivity index (χ0n) is 12.0. The molecule has 7 heteroatoms. The maximum absolute atomic E-state index is 12.7. The van der Waals surface area contributed by atoms with Crippen LogP contribution in [-0.2, 0) is 6.18 Å². The fourth-order valence-electron chi connectivity index (χ4n) is 1.77. The molecule has 0 aliphatic rings. The van der Waals surface area contributed by atoms with E-state index in [1.807, 2.05) is 13.2 Å². The largest absolute Gasteiger partial charge is 0.416 e. The van der Waals surface area contributed by atoms with Crippen molar-refractivity contribution >= 4 is 23.4 Å². The lowest BCUT2D eigenvalue weighted by Gasteiger charge is -2.14. The van der Waals surface area contributed by atoms with Crippen LogP contribution >= 0.6 is 11.8 Å². The smallest absolute Gasteiger partial charge is 0.385 e. The Hall–Kier alpha value is -1.37. The zero-order chi connectivity index (χ0) is 15.9. The lowest BCUT2D eigenvalue weighted by Crippen LogP contribution is -2.26. The molecule has 0 aliphatic carbocycles. The van der Waals surface area contributed by atoms with E-state index in [4.69, 9.17) is 0 Å². The highest BCUT2D eigenvalue weighted by atomic mass is 32.2. The van der Waals surface area contributed by atoms with Gasteiger partial charge in [-0.15, -0.1) is 0 Å². The average Bonchev–Trinajstić information content (AvgIpc) is 2.43. The summed E-state index contributed by atoms with van der Waals surface area (Å²) in [6.07, 6.45) is -1.72. The summed E-state index contributed by atoms with van der Waals surface area (Å²) >= 11 is 1.65. The van der Waals surface area contributed by atoms with E-state index >= 15 is 0 Å². The number of rotatable bonds is 7. The molecule has 0 heterocycles. The van der Waals surface area contributed by atoms with Crippen LogP contribution in [0.2, 0.25) is 0 Å². The molecule has 0 aliphatic heterocycles. The minimum Gasteiger partial charge on any atom is -0.385 e. The number of nitrogens with one attached hydrogen (secondary N) is 2. The number of benzene rings is 1. The SMILES string of the molecule is CCNc1ccc(C(F)(F)F)cc1C(=O)NCCCSC. The summed E-state index contributed by atoms with van der Waals surface area (Å²) in [5.41, 5.74) is -0.387. The molecule has 0 saturated carbocycles. The first-order valence-corrected chi connectivity index (χ1v) is 8.01. The van der Waals surface area contributed by atoms with Crippen molar-refractivity contribution in [2.75, 3.05) is 30.4 Å². The van der Waals surface area contributed by atoms with Crippen molar-refractivity contribution in [2.45, 2.75) is 19.5 Å². The second kappa shape index (κ2) is 8.17. The van der Waals surface area contributed by atoms with Crippen molar-refractivity contribution in [1.29, 1.82) is 0 Å². The van der Waals surface area contributed by atoms with Gasteiger partial charge in [-0.3, -0.25) is 4.79 Å². The first kappa shape index (κ1) is 17.7. The molecule has 118 valence electrons. The summed E-state index contributed by atoms with van der Waals surface area (Å²) in [4.78, 5) is 12.1. The highest BCUT2D eigenvalue weighted by Crippen LogP contribution is 2.31. The number of hydrogen-bond donors (Lipinski definition) is 2. The molecule has 1 rings (SSSR count). The molecule has 1 aromatic carbocycles. The van der Waals surface area contributed by atoms with Gasteiger partial charge in [0.2, 0.25) is 0 Å². The molecule has 0 aromatic heterocycles. The molecular weight excluding hydrogens is 301 g/mol. The summed E-state index contributed by atoms with van der Waals surface area (Å²) in [5.74, 6) is 0.404. The van der Waals surface area contributed by atoms with Crippen LogP contribution in [-0.4, -0.2) is 31.0 Å². The molecule has 0 unspecified atom stereocenters. The summed E-state index contributed by atoms with van der Waals surface area (Å²) in [6.45, 7) is 2.79. The van der Waals surface area contributed by atoms with Gasteiger partial charge in [-0.05, 0) is 43.6 Å². The number of carbonyl (C=O) groups is 1. The number of halogens is 3. The van der Waals surface area contributed by atoms with Gasteiger partial charge in [0.25, 0.3) is 5.91 Å². The van der Waals surface area contributed by atoms with Gasteiger partial charge in [0.1, 0.15) is 0 Å². The third kappa shape index (κ3) is 5.49. The molecule has 1 amide bonds. The van der Waals surface area contributed by atoms with E-state index in [2.05, 4.69) is 10.6 Å². The summed E-state index contributed by atoms with van der Waals surface area (Å²) in [6, 6.07) is 3.16. The Morgan fingerprint density at radius 1 is 1.33 bits per heavy atom. The maximum atomic E-state index is 12.7. The van der Waals surface area contributed by atoms with Crippen LogP contribution in [0.1, 0.15) is 29.3 Å². The van der Waals surface area contributed by atoms with Gasteiger partial charge < -0.3 is 10.6 Å². The molecule has 0 spiro atoms. The molecule has 0 radical (unpaired) electrons. The Morgan fingerprint density at radius 3 is 2.62 bits per heavy atom. The second-order valence-corrected chi connectivity index (χ2v) is 5.38. The van der Waals surface area contributed by atoms with Gasteiger partial charge in [0.05, 0.1) is 11.1 Å². The van der Waals surface area contributed by atoms with Crippen LogP contribution < -0.4 is 10.6 Å². The minimum atomic E-state index is -4.46. The second-order valence-electron chi connectivity index (χ2n) is 4.39. The molecule has 21 heavy (non-hydrogen) atoms. The Labute approximate surface area is 126 Å². The van der Waals surface area contributed by atoms with E-state index in [0.717, 1.165) is 24.3 Å². The molecule has 3 nitrogen and oxygen atoms in total. The average molecular weight is 320 g/mol. The first-order valence-electron chi connectivity index (χ1n) is 6.62. The number of hydrogen-bond acceptors (Lipinski definition) is 3. The number of carbonyl (C=O) groups excluding carboxylic acids is 1. The van der Waals surface area contributed by atoms with E-state index < -0.39 is 17.6 Å². The molecule has 0 fully saturated rings. The fraction of sp³-hybridized carbons (Fsp3) is 0.500. The molecule has 2 N–H and O–H groups in total. The molecule has 0 saturated heterocycles. The minimum absolute atomic E-state index is 0.0239. The van der Waals surface area contributed by atoms with Crippen molar-refractivity contribution in [2.24, 2.45) is 0 Å². The monoisotopic (exact) mass is 320 g/mol. The summed E-state index contributed by atoms with van der Waals surface area (Å²) in [5, 5.41) is 5.56. The van der Waals surface area contributed by atoms with Crippen molar-refractivity contribution in [3.63, 3.8) is 0 Å². The Morgan fingerprint density at radius 2 is 2.05 bits per heavy atom. The van der Waals surface area contributed by atoms with Gasteiger partial charge >= 0.3 is 6.18 Å². The Kier molecular flexibility index (Phi) is 6.87. The highest BCUT2D eigenvalue weighted by molar-refractivity contribution is 7.98. The van der Waals surface area contributed by atoms with E-state index in [1.54, 1.807) is 11.8 Å². The number of thioether (sulfide) groups is 1. The van der Waals surface area contributed by atoms with Crippen molar-refractivity contribution in [3.8, 4) is 0 Å². The van der Waals surface area contributed by atoms with Gasteiger partial charge in [0.15, 0.2) is 0 Å². The lowest BCUT2D eigenvalue weighted by molar-refractivity contribution is -0.137. The number of anilines is 1. The zero-order valence-corrected chi connectivity index (χ0v) is 12.8. The number of amides is 1. The van der Waals surface area contributed by atoms with Crippen molar-refractivity contribution in [1.82, 2.24) is 5.32 Å².